The van der Waals surface area contributed by atoms with Gasteiger partial charge in [0.25, 0.3) is 20.0 Å². The molecule has 0 saturated carbocycles. The molecule has 308 valence electrons. The third-order valence-corrected chi connectivity index (χ3v) is 14.0. The van der Waals surface area contributed by atoms with E-state index in [0.717, 1.165) is 42.2 Å². The Morgan fingerprint density at radius 3 is 1.52 bits per heavy atom. The van der Waals surface area contributed by atoms with E-state index in [0.29, 0.717) is 28.2 Å². The number of aromatic nitrogens is 5. The number of rotatable bonds is 10. The maximum Gasteiger partial charge on any atom is 0.263 e. The third kappa shape index (κ3) is 8.19. The van der Waals surface area contributed by atoms with E-state index in [2.05, 4.69) is 44.3 Å². The van der Waals surface area contributed by atoms with E-state index < -0.39 is 20.0 Å². The van der Waals surface area contributed by atoms with Crippen LogP contribution in [-0.4, -0.2) is 64.4 Å². The number of benzene rings is 5. The molecular formula is C43H31N9O6S4. The van der Waals surface area contributed by atoms with Gasteiger partial charge in [-0.25, -0.2) is 31.8 Å². The van der Waals surface area contributed by atoms with Gasteiger partial charge in [-0.05, 0) is 97.1 Å². The highest BCUT2D eigenvalue weighted by atomic mass is 32.2. The van der Waals surface area contributed by atoms with Gasteiger partial charge in [0.15, 0.2) is 11.8 Å². The van der Waals surface area contributed by atoms with Crippen LogP contribution in [-0.2, 0) is 20.0 Å². The fourth-order valence-corrected chi connectivity index (χ4v) is 10.3. The predicted molar refractivity (Wildman–Crippen MR) is 246 cm³/mol. The monoisotopic (exact) mass is 897 g/mol. The average molecular weight is 898 g/mol. The van der Waals surface area contributed by atoms with Gasteiger partial charge in [0.1, 0.15) is 5.82 Å². The lowest BCUT2D eigenvalue weighted by atomic mass is 10.1. The smallest absolute Gasteiger partial charge is 0.263 e. The lowest BCUT2D eigenvalue weighted by molar-refractivity contribution is 0.457. The zero-order valence-electron chi connectivity index (χ0n) is 31.8. The van der Waals surface area contributed by atoms with E-state index >= 15 is 0 Å². The molecule has 0 aliphatic carbocycles. The minimum atomic E-state index is -3.76. The molecule has 5 heterocycles. The molecule has 0 fully saturated rings. The normalized spacial score (nSPS) is 12.1. The number of thiazole rings is 2. The molecule has 0 atom stereocenters. The van der Waals surface area contributed by atoms with Crippen molar-refractivity contribution in [2.24, 2.45) is 9.98 Å². The second-order valence-electron chi connectivity index (χ2n) is 13.4. The molecule has 62 heavy (non-hydrogen) atoms. The zero-order chi connectivity index (χ0) is 42.8. The summed E-state index contributed by atoms with van der Waals surface area (Å²) in [6, 6.07) is 33.5. The highest BCUT2D eigenvalue weighted by Crippen LogP contribution is 2.36. The van der Waals surface area contributed by atoms with Crippen LogP contribution in [0.25, 0.3) is 42.2 Å². The highest BCUT2D eigenvalue weighted by molar-refractivity contribution is 7.93. The highest BCUT2D eigenvalue weighted by Gasteiger charge is 2.18. The van der Waals surface area contributed by atoms with Crippen LogP contribution in [0.4, 0.5) is 22.9 Å². The summed E-state index contributed by atoms with van der Waals surface area (Å²) in [5, 5.41) is 22.4. The van der Waals surface area contributed by atoms with Crippen molar-refractivity contribution in [2.75, 3.05) is 9.44 Å². The van der Waals surface area contributed by atoms with Crippen LogP contribution < -0.4 is 9.44 Å². The molecule has 0 spiro atoms. The number of hydrogen-bond donors (Lipinski definition) is 6. The Labute approximate surface area is 361 Å². The minimum absolute atomic E-state index is 0.0124. The summed E-state index contributed by atoms with van der Waals surface area (Å²) in [5.41, 5.74) is 9.52. The standard InChI is InChI=1S/C22H16N4O3S2.C21H15N5O3S2/c27-22-17(20-18(25-22)10-11-19-21(20)30-13-24-19)12-23-14-6-8-16(9-7-14)31(28,29)26-15-4-2-1-3-5-15;27-21-15(19-16(25-21)8-9-17-20(19)30-12-24-17)11-23-13-4-6-14(7-5-13)31(28,29)26-18-3-1-2-10-22-18/h1-13,25-27H;1-12,25,27H,(H,22,26). The molecule has 19 heteroatoms. The summed E-state index contributed by atoms with van der Waals surface area (Å²) in [6.07, 6.45) is 4.64. The van der Waals surface area contributed by atoms with Crippen molar-refractivity contribution < 1.29 is 27.0 Å². The van der Waals surface area contributed by atoms with Crippen LogP contribution in [0.3, 0.4) is 0 Å². The summed E-state index contributed by atoms with van der Waals surface area (Å²) in [6.45, 7) is 0. The number of nitrogens with one attached hydrogen (secondary N) is 4. The van der Waals surface area contributed by atoms with E-state index in [9.17, 15) is 27.0 Å². The van der Waals surface area contributed by atoms with Crippen molar-refractivity contribution in [1.29, 1.82) is 0 Å². The summed E-state index contributed by atoms with van der Waals surface area (Å²) in [7, 11) is -7.45. The van der Waals surface area contributed by atoms with Gasteiger partial charge in [-0.2, -0.15) is 0 Å². The lowest BCUT2D eigenvalue weighted by Gasteiger charge is -2.07. The van der Waals surface area contributed by atoms with Crippen molar-refractivity contribution >= 4 is 120 Å². The van der Waals surface area contributed by atoms with Crippen LogP contribution >= 0.6 is 22.7 Å². The van der Waals surface area contributed by atoms with E-state index in [1.165, 1.54) is 53.1 Å². The van der Waals surface area contributed by atoms with Gasteiger partial charge in [-0.3, -0.25) is 19.4 Å². The van der Waals surface area contributed by atoms with Gasteiger partial charge >= 0.3 is 0 Å². The average Bonchev–Trinajstić information content (AvgIpc) is 4.08. The maximum atomic E-state index is 12.6. The van der Waals surface area contributed by atoms with Crippen LogP contribution in [0.15, 0.2) is 158 Å². The Bertz CT molecular complexity index is 3280. The maximum absolute atomic E-state index is 12.6. The summed E-state index contributed by atoms with van der Waals surface area (Å²) >= 11 is 2.98. The second-order valence-corrected chi connectivity index (χ2v) is 18.5. The number of aromatic amines is 2. The molecule has 0 bridgehead atoms. The molecule has 0 aliphatic rings. The summed E-state index contributed by atoms with van der Waals surface area (Å²) in [5.74, 6) is 0.276. The number of fused-ring (bicyclic) bond motifs is 6. The van der Waals surface area contributed by atoms with E-state index in [1.807, 2.05) is 30.3 Å². The number of sulfonamides is 2. The van der Waals surface area contributed by atoms with E-state index in [1.54, 1.807) is 90.2 Å². The van der Waals surface area contributed by atoms with Crippen molar-refractivity contribution in [3.05, 3.63) is 150 Å². The lowest BCUT2D eigenvalue weighted by Crippen LogP contribution is -2.13. The van der Waals surface area contributed by atoms with E-state index in [-0.39, 0.29) is 27.4 Å². The topological polar surface area (TPSA) is 228 Å². The first kappa shape index (κ1) is 40.0. The first-order valence-electron chi connectivity index (χ1n) is 18.5. The van der Waals surface area contributed by atoms with Gasteiger partial charge in [0.2, 0.25) is 0 Å². The molecule has 0 saturated heterocycles. The Hall–Kier alpha value is -7.45. The fraction of sp³-hybridized carbons (Fsp3) is 0. The molecule has 10 rings (SSSR count). The first-order valence-corrected chi connectivity index (χ1v) is 23.2. The number of para-hydroxylation sites is 1. The van der Waals surface area contributed by atoms with Gasteiger partial charge in [-0.15, -0.1) is 22.7 Å². The molecule has 5 aromatic heterocycles. The molecule has 15 nitrogen and oxygen atoms in total. The molecule has 6 N–H and O–H groups in total. The molecular weight excluding hydrogens is 867 g/mol. The molecule has 5 aromatic carbocycles. The van der Waals surface area contributed by atoms with Crippen molar-refractivity contribution in [1.82, 2.24) is 24.9 Å². The first-order chi connectivity index (χ1) is 30.0. The second kappa shape index (κ2) is 16.5. The van der Waals surface area contributed by atoms with Gasteiger partial charge in [0.05, 0.1) is 74.8 Å². The number of nitrogens with zero attached hydrogens (tertiary/aromatic N) is 5. The fourth-order valence-electron chi connectivity index (χ4n) is 6.52. The van der Waals surface area contributed by atoms with Crippen molar-refractivity contribution in [2.45, 2.75) is 9.79 Å². The molecule has 0 unspecified atom stereocenters. The summed E-state index contributed by atoms with van der Waals surface area (Å²) < 4.78 is 57.0. The molecule has 10 aromatic rings. The largest absolute Gasteiger partial charge is 0.494 e. The van der Waals surface area contributed by atoms with Crippen LogP contribution in [0.1, 0.15) is 11.1 Å². The van der Waals surface area contributed by atoms with Crippen LogP contribution in [0, 0.1) is 0 Å². The van der Waals surface area contributed by atoms with Gasteiger partial charge in [-0.1, -0.05) is 24.3 Å². The predicted octanol–water partition coefficient (Wildman–Crippen LogP) is 9.46. The zero-order valence-corrected chi connectivity index (χ0v) is 35.1. The third-order valence-electron chi connectivity index (χ3n) is 9.46. The summed E-state index contributed by atoms with van der Waals surface area (Å²) in [4.78, 5) is 27.6. The van der Waals surface area contributed by atoms with Gasteiger partial charge < -0.3 is 20.2 Å². The molecule has 0 aliphatic heterocycles. The Morgan fingerprint density at radius 2 is 1.03 bits per heavy atom. The SMILES string of the molecule is O=S(=O)(Nc1ccccc1)c1ccc(N=Cc2c(O)[nH]c3ccc4ncsc4c23)cc1.O=S(=O)(Nc1ccccn1)c1ccc(N=Cc2c(O)[nH]c3ccc4ncsc4c23)cc1. The molecule has 0 radical (unpaired) electrons. The number of pyridine rings is 1. The number of H-pyrrole nitrogens is 2. The number of hydrogen-bond acceptors (Lipinski definition) is 13. The Morgan fingerprint density at radius 1 is 0.548 bits per heavy atom. The Balaban J connectivity index is 0.000000158. The van der Waals surface area contributed by atoms with Gasteiger partial charge in [0, 0.05) is 35.1 Å². The number of anilines is 2. The van der Waals surface area contributed by atoms with Crippen molar-refractivity contribution in [3.8, 4) is 11.8 Å². The van der Waals surface area contributed by atoms with Crippen LogP contribution in [0.5, 0.6) is 11.8 Å². The molecule has 0 amide bonds. The minimum Gasteiger partial charge on any atom is -0.494 e. The number of aromatic hydroxyl groups is 2. The Kier molecular flexibility index (Phi) is 10.7. The van der Waals surface area contributed by atoms with Crippen LogP contribution in [0.2, 0.25) is 0 Å². The quantitative estimate of drug-likeness (QED) is 0.0718. The van der Waals surface area contributed by atoms with Crippen molar-refractivity contribution in [3.63, 3.8) is 0 Å². The number of aliphatic imine (C=N–C) groups is 2. The van der Waals surface area contributed by atoms with E-state index in [4.69, 9.17) is 0 Å².